The minimum absolute atomic E-state index is 0.625. The van der Waals surface area contributed by atoms with E-state index in [2.05, 4.69) is 20.7 Å². The van der Waals surface area contributed by atoms with Crippen molar-refractivity contribution in [3.8, 4) is 0 Å². The fourth-order valence-corrected chi connectivity index (χ4v) is 2.02. The van der Waals surface area contributed by atoms with Gasteiger partial charge in [0.25, 0.3) is 0 Å². The Kier molecular flexibility index (Phi) is 4.19. The lowest BCUT2D eigenvalue weighted by molar-refractivity contribution is 1.04. The van der Waals surface area contributed by atoms with Crippen LogP contribution in [0.3, 0.4) is 0 Å². The summed E-state index contributed by atoms with van der Waals surface area (Å²) in [7, 11) is 0. The predicted molar refractivity (Wildman–Crippen MR) is 78.7 cm³/mol. The van der Waals surface area contributed by atoms with Crippen molar-refractivity contribution < 1.29 is 0 Å². The lowest BCUT2D eigenvalue weighted by Crippen LogP contribution is -2.13. The van der Waals surface area contributed by atoms with Crippen molar-refractivity contribution >= 4 is 28.9 Å². The Balaban J connectivity index is 2.41. The molecule has 0 saturated heterocycles. The van der Waals surface area contributed by atoms with Crippen LogP contribution >= 0.6 is 11.6 Å². The third kappa shape index (κ3) is 2.77. The lowest BCUT2D eigenvalue weighted by Gasteiger charge is -2.14. The smallest absolute Gasteiger partial charge is 0.148 e. The molecule has 0 unspecified atom stereocenters. The number of nitrogen functional groups attached to an aromatic ring is 1. The number of anilines is 3. The van der Waals surface area contributed by atoms with E-state index in [1.807, 2.05) is 32.0 Å². The van der Waals surface area contributed by atoms with E-state index in [0.29, 0.717) is 10.8 Å². The topological polar surface area (TPSA) is 75.9 Å². The van der Waals surface area contributed by atoms with Crippen LogP contribution in [-0.4, -0.2) is 9.97 Å². The molecule has 5 nitrogen and oxygen atoms in total. The molecule has 1 aromatic heterocycles. The molecule has 2 rings (SSSR count). The molecule has 0 atom stereocenters. The molecule has 0 saturated carbocycles. The molecule has 0 aliphatic heterocycles. The third-order valence-corrected chi connectivity index (χ3v) is 3.37. The largest absolute Gasteiger partial charge is 0.340 e. The predicted octanol–water partition coefficient (Wildman–Crippen LogP) is 3.03. The molecule has 0 bridgehead atoms. The zero-order valence-electron chi connectivity index (χ0n) is 10.9. The number of hydrazine groups is 1. The molecule has 0 spiro atoms. The van der Waals surface area contributed by atoms with Crippen molar-refractivity contribution in [1.29, 1.82) is 0 Å². The van der Waals surface area contributed by atoms with Gasteiger partial charge in [-0.3, -0.25) is 0 Å². The van der Waals surface area contributed by atoms with E-state index in [-0.39, 0.29) is 0 Å². The maximum Gasteiger partial charge on any atom is 0.148 e. The fraction of sp³-hybridized carbons (Fsp3) is 0.231. The van der Waals surface area contributed by atoms with Gasteiger partial charge in [-0.25, -0.2) is 15.8 Å². The SMILES string of the molecule is CCc1c(NN)ncnc1Nc1cccc(Cl)c1C. The number of hydrogen-bond acceptors (Lipinski definition) is 5. The third-order valence-electron chi connectivity index (χ3n) is 2.96. The summed E-state index contributed by atoms with van der Waals surface area (Å²) in [5.41, 5.74) is 5.42. The van der Waals surface area contributed by atoms with Crippen molar-refractivity contribution in [2.24, 2.45) is 5.84 Å². The monoisotopic (exact) mass is 277 g/mol. The Morgan fingerprint density at radius 2 is 2.00 bits per heavy atom. The van der Waals surface area contributed by atoms with E-state index in [1.54, 1.807) is 0 Å². The number of rotatable bonds is 4. The van der Waals surface area contributed by atoms with E-state index >= 15 is 0 Å². The first-order valence-electron chi connectivity index (χ1n) is 6.00. The van der Waals surface area contributed by atoms with Crippen LogP contribution in [0.5, 0.6) is 0 Å². The molecule has 6 heteroatoms. The van der Waals surface area contributed by atoms with Gasteiger partial charge in [-0.15, -0.1) is 0 Å². The van der Waals surface area contributed by atoms with E-state index in [4.69, 9.17) is 17.4 Å². The van der Waals surface area contributed by atoms with E-state index in [9.17, 15) is 0 Å². The summed E-state index contributed by atoms with van der Waals surface area (Å²) in [6.45, 7) is 3.98. The fourth-order valence-electron chi connectivity index (χ4n) is 1.85. The van der Waals surface area contributed by atoms with Crippen LogP contribution in [0.25, 0.3) is 0 Å². The van der Waals surface area contributed by atoms with Gasteiger partial charge in [-0.05, 0) is 31.0 Å². The zero-order valence-corrected chi connectivity index (χ0v) is 11.6. The molecule has 0 radical (unpaired) electrons. The normalized spacial score (nSPS) is 10.3. The first kappa shape index (κ1) is 13.6. The van der Waals surface area contributed by atoms with Gasteiger partial charge in [0.05, 0.1) is 0 Å². The first-order chi connectivity index (χ1) is 9.17. The van der Waals surface area contributed by atoms with E-state index < -0.39 is 0 Å². The van der Waals surface area contributed by atoms with Gasteiger partial charge in [0.2, 0.25) is 0 Å². The van der Waals surface area contributed by atoms with Gasteiger partial charge in [-0.2, -0.15) is 0 Å². The molecule has 1 aromatic carbocycles. The van der Waals surface area contributed by atoms with E-state index in [0.717, 1.165) is 29.1 Å². The number of nitrogens with one attached hydrogen (secondary N) is 2. The van der Waals surface area contributed by atoms with Crippen LogP contribution in [0.4, 0.5) is 17.3 Å². The highest BCUT2D eigenvalue weighted by Crippen LogP contribution is 2.28. The number of benzene rings is 1. The minimum Gasteiger partial charge on any atom is -0.340 e. The van der Waals surface area contributed by atoms with Crippen LogP contribution in [0.2, 0.25) is 5.02 Å². The van der Waals surface area contributed by atoms with Crippen molar-refractivity contribution in [2.75, 3.05) is 10.7 Å². The second kappa shape index (κ2) is 5.86. The van der Waals surface area contributed by atoms with Gasteiger partial charge in [0.1, 0.15) is 18.0 Å². The Morgan fingerprint density at radius 1 is 1.26 bits per heavy atom. The van der Waals surface area contributed by atoms with Gasteiger partial charge >= 0.3 is 0 Å². The van der Waals surface area contributed by atoms with Crippen LogP contribution in [-0.2, 0) is 6.42 Å². The summed E-state index contributed by atoms with van der Waals surface area (Å²) in [6.07, 6.45) is 2.24. The minimum atomic E-state index is 0.625. The highest BCUT2D eigenvalue weighted by atomic mass is 35.5. The summed E-state index contributed by atoms with van der Waals surface area (Å²) < 4.78 is 0. The molecule has 0 amide bonds. The molecule has 2 aromatic rings. The molecule has 19 heavy (non-hydrogen) atoms. The Labute approximate surface area is 117 Å². The molecule has 4 N–H and O–H groups in total. The summed E-state index contributed by atoms with van der Waals surface area (Å²) in [5, 5.41) is 3.99. The van der Waals surface area contributed by atoms with E-state index in [1.165, 1.54) is 6.33 Å². The zero-order chi connectivity index (χ0) is 13.8. The van der Waals surface area contributed by atoms with Crippen LogP contribution in [0, 0.1) is 6.92 Å². The highest BCUT2D eigenvalue weighted by Gasteiger charge is 2.10. The Bertz CT molecular complexity index is 585. The maximum atomic E-state index is 6.11. The molecular weight excluding hydrogens is 262 g/mol. The number of aromatic nitrogens is 2. The molecule has 1 heterocycles. The lowest BCUT2D eigenvalue weighted by atomic mass is 10.1. The first-order valence-corrected chi connectivity index (χ1v) is 6.37. The van der Waals surface area contributed by atoms with Gasteiger partial charge in [-0.1, -0.05) is 24.6 Å². The molecule has 0 aliphatic rings. The summed E-state index contributed by atoms with van der Waals surface area (Å²) >= 11 is 6.11. The van der Waals surface area contributed by atoms with Gasteiger partial charge in [0.15, 0.2) is 0 Å². The van der Waals surface area contributed by atoms with Crippen LogP contribution < -0.4 is 16.6 Å². The molecule has 0 fully saturated rings. The number of halogens is 1. The summed E-state index contributed by atoms with van der Waals surface area (Å²) in [4.78, 5) is 8.36. The van der Waals surface area contributed by atoms with Crippen molar-refractivity contribution in [1.82, 2.24) is 9.97 Å². The number of hydrogen-bond donors (Lipinski definition) is 3. The molecule has 0 aliphatic carbocycles. The Morgan fingerprint density at radius 3 is 2.68 bits per heavy atom. The van der Waals surface area contributed by atoms with Gasteiger partial charge in [0, 0.05) is 16.3 Å². The van der Waals surface area contributed by atoms with Crippen molar-refractivity contribution in [3.05, 3.63) is 40.7 Å². The second-order valence-corrected chi connectivity index (χ2v) is 4.49. The average molecular weight is 278 g/mol. The van der Waals surface area contributed by atoms with Crippen LogP contribution in [0.15, 0.2) is 24.5 Å². The van der Waals surface area contributed by atoms with Crippen molar-refractivity contribution in [3.63, 3.8) is 0 Å². The van der Waals surface area contributed by atoms with Gasteiger partial charge < -0.3 is 10.7 Å². The average Bonchev–Trinajstić information content (AvgIpc) is 2.43. The Hall–Kier alpha value is -1.85. The maximum absolute atomic E-state index is 6.11. The standard InChI is InChI=1S/C13H16ClN5/c1-3-9-12(16-7-17-13(9)19-15)18-11-6-4-5-10(14)8(11)2/h4-7H,3,15H2,1-2H3,(H2,16,17,18,19). The van der Waals surface area contributed by atoms with Crippen molar-refractivity contribution in [2.45, 2.75) is 20.3 Å². The molecular formula is C13H16ClN5. The van der Waals surface area contributed by atoms with Crippen LogP contribution in [0.1, 0.15) is 18.1 Å². The summed E-state index contributed by atoms with van der Waals surface area (Å²) in [5.74, 6) is 6.81. The quantitative estimate of drug-likeness (QED) is 0.592. The number of nitrogens with zero attached hydrogens (tertiary/aromatic N) is 2. The summed E-state index contributed by atoms with van der Waals surface area (Å²) in [6, 6.07) is 5.71. The second-order valence-electron chi connectivity index (χ2n) is 4.08. The molecule has 100 valence electrons. The highest BCUT2D eigenvalue weighted by molar-refractivity contribution is 6.31. The number of nitrogens with two attached hydrogens (primary N) is 1.